The average Bonchev–Trinajstić information content (AvgIpc) is 2.97. The van der Waals surface area contributed by atoms with Crippen molar-refractivity contribution in [3.8, 4) is 22.5 Å². The average molecular weight is 580 g/mol. The summed E-state index contributed by atoms with van der Waals surface area (Å²) in [7, 11) is 0. The third-order valence-corrected chi connectivity index (χ3v) is 7.00. The molecule has 0 aliphatic rings. The predicted molar refractivity (Wildman–Crippen MR) is 162 cm³/mol. The van der Waals surface area contributed by atoms with Crippen LogP contribution in [0.25, 0.3) is 33.5 Å². The fraction of sp³-hybridized carbons (Fsp3) is 0.121. The molecule has 0 bridgehead atoms. The number of hydrogen-bond acceptors (Lipinski definition) is 6. The van der Waals surface area contributed by atoms with Gasteiger partial charge in [0.2, 0.25) is 0 Å². The molecule has 8 nitrogen and oxygen atoms in total. The zero-order valence-corrected chi connectivity index (χ0v) is 23.8. The fourth-order valence-corrected chi connectivity index (χ4v) is 4.50. The lowest BCUT2D eigenvalue weighted by atomic mass is 10.0. The molecule has 42 heavy (non-hydrogen) atoms. The molecule has 5 aromatic rings. The van der Waals surface area contributed by atoms with Crippen LogP contribution in [-0.4, -0.2) is 39.0 Å². The van der Waals surface area contributed by atoms with Crippen LogP contribution in [0.5, 0.6) is 0 Å². The number of carbonyl (C=O) groups is 3. The van der Waals surface area contributed by atoms with E-state index in [1.807, 2.05) is 62.4 Å². The minimum Gasteiger partial charge on any atom is -0.478 e. The smallest absolute Gasteiger partial charge is 0.338 e. The molecule has 2 N–H and O–H groups in total. The number of aryl methyl sites for hydroxylation is 2. The monoisotopic (exact) mass is 579 g/mol. The van der Waals surface area contributed by atoms with Crippen LogP contribution in [0.1, 0.15) is 38.8 Å². The topological polar surface area (TPSA) is 118 Å². The SMILES string of the molecule is Cc1ccc(-c2nc3ccc(C(=O)OC(C)C(=O)Nc4ccc(Cl)c(C(=O)O)c4)cc3nc2-c2ccc(C)cc2)cc1. The maximum atomic E-state index is 13.0. The first-order chi connectivity index (χ1) is 20.1. The van der Waals surface area contributed by atoms with Gasteiger partial charge in [0.1, 0.15) is 0 Å². The highest BCUT2D eigenvalue weighted by molar-refractivity contribution is 6.33. The molecular weight excluding hydrogens is 554 g/mol. The van der Waals surface area contributed by atoms with E-state index < -0.39 is 23.9 Å². The highest BCUT2D eigenvalue weighted by Gasteiger charge is 2.21. The van der Waals surface area contributed by atoms with Gasteiger partial charge in [-0.1, -0.05) is 71.3 Å². The number of fused-ring (bicyclic) bond motifs is 1. The van der Waals surface area contributed by atoms with Crippen molar-refractivity contribution in [2.75, 3.05) is 5.32 Å². The first-order valence-electron chi connectivity index (χ1n) is 13.1. The molecule has 210 valence electrons. The minimum atomic E-state index is -1.23. The summed E-state index contributed by atoms with van der Waals surface area (Å²) in [5.74, 6) is -2.58. The Morgan fingerprint density at radius 3 is 1.93 bits per heavy atom. The van der Waals surface area contributed by atoms with E-state index in [9.17, 15) is 19.5 Å². The van der Waals surface area contributed by atoms with Gasteiger partial charge in [0, 0.05) is 16.8 Å². The molecule has 0 saturated heterocycles. The van der Waals surface area contributed by atoms with Gasteiger partial charge in [0.15, 0.2) is 6.10 Å². The van der Waals surface area contributed by atoms with E-state index in [-0.39, 0.29) is 21.8 Å². The molecule has 1 unspecified atom stereocenters. The van der Waals surface area contributed by atoms with Crippen molar-refractivity contribution in [2.45, 2.75) is 26.9 Å². The number of anilines is 1. The van der Waals surface area contributed by atoms with Crippen molar-refractivity contribution in [1.29, 1.82) is 0 Å². The summed E-state index contributed by atoms with van der Waals surface area (Å²) < 4.78 is 5.41. The van der Waals surface area contributed by atoms with E-state index in [0.717, 1.165) is 27.9 Å². The van der Waals surface area contributed by atoms with Crippen molar-refractivity contribution in [2.24, 2.45) is 0 Å². The second-order valence-electron chi connectivity index (χ2n) is 9.89. The number of ether oxygens (including phenoxy) is 1. The number of benzene rings is 4. The maximum absolute atomic E-state index is 13.0. The van der Waals surface area contributed by atoms with E-state index in [0.29, 0.717) is 16.7 Å². The molecule has 5 rings (SSSR count). The number of carboxylic acid groups (broad SMARTS) is 1. The zero-order valence-electron chi connectivity index (χ0n) is 23.0. The Kier molecular flexibility index (Phi) is 7.99. The van der Waals surface area contributed by atoms with Gasteiger partial charge in [0.05, 0.1) is 38.6 Å². The second-order valence-corrected chi connectivity index (χ2v) is 10.3. The number of rotatable bonds is 7. The molecule has 0 fully saturated rings. The number of hydrogen-bond donors (Lipinski definition) is 2. The number of carbonyl (C=O) groups excluding carboxylic acids is 2. The molecule has 0 aliphatic carbocycles. The van der Waals surface area contributed by atoms with Gasteiger partial charge >= 0.3 is 11.9 Å². The summed E-state index contributed by atoms with van der Waals surface area (Å²) in [4.78, 5) is 46.8. The van der Waals surface area contributed by atoms with Crippen LogP contribution in [0.3, 0.4) is 0 Å². The van der Waals surface area contributed by atoms with Gasteiger partial charge in [-0.05, 0) is 57.2 Å². The summed E-state index contributed by atoms with van der Waals surface area (Å²) in [6.45, 7) is 5.46. The van der Waals surface area contributed by atoms with Gasteiger partial charge in [-0.3, -0.25) is 4.79 Å². The third-order valence-electron chi connectivity index (χ3n) is 6.67. The van der Waals surface area contributed by atoms with E-state index >= 15 is 0 Å². The molecule has 1 heterocycles. The molecule has 0 saturated carbocycles. The normalized spacial score (nSPS) is 11.6. The number of esters is 1. The van der Waals surface area contributed by atoms with Crippen molar-refractivity contribution < 1.29 is 24.2 Å². The lowest BCUT2D eigenvalue weighted by Gasteiger charge is -2.15. The van der Waals surface area contributed by atoms with Crippen LogP contribution in [0.2, 0.25) is 5.02 Å². The van der Waals surface area contributed by atoms with Crippen molar-refractivity contribution in [1.82, 2.24) is 9.97 Å². The van der Waals surface area contributed by atoms with E-state index in [1.165, 1.54) is 25.1 Å². The molecule has 0 radical (unpaired) electrons. The van der Waals surface area contributed by atoms with Crippen molar-refractivity contribution in [3.63, 3.8) is 0 Å². The number of nitrogens with zero attached hydrogens (tertiary/aromatic N) is 2. The van der Waals surface area contributed by atoms with Gasteiger partial charge in [-0.25, -0.2) is 19.6 Å². The van der Waals surface area contributed by atoms with Gasteiger partial charge in [0.25, 0.3) is 5.91 Å². The Balaban J connectivity index is 1.41. The Hall–Kier alpha value is -5.08. The van der Waals surface area contributed by atoms with E-state index in [4.69, 9.17) is 26.3 Å². The summed E-state index contributed by atoms with van der Waals surface area (Å²) in [5, 5.41) is 11.8. The second kappa shape index (κ2) is 11.8. The van der Waals surface area contributed by atoms with Crippen LogP contribution in [0.15, 0.2) is 84.9 Å². The van der Waals surface area contributed by atoms with Crippen LogP contribution in [0, 0.1) is 13.8 Å². The first kappa shape index (κ1) is 28.4. The van der Waals surface area contributed by atoms with Crippen LogP contribution < -0.4 is 5.32 Å². The molecule has 0 aliphatic heterocycles. The van der Waals surface area contributed by atoms with Gasteiger partial charge < -0.3 is 15.2 Å². The number of carboxylic acids is 1. The molecular formula is C33H26ClN3O5. The lowest BCUT2D eigenvalue weighted by Crippen LogP contribution is -2.30. The van der Waals surface area contributed by atoms with Gasteiger partial charge in [-0.15, -0.1) is 0 Å². The standard InChI is InChI=1S/C33H26ClN3O5/c1-18-4-8-21(9-5-18)29-30(22-10-6-19(2)7-11-22)37-28-16-23(12-15-27(28)36-29)33(41)42-20(3)31(38)35-24-13-14-26(34)25(17-24)32(39)40/h4-17,20H,1-3H3,(H,35,38)(H,39,40). The summed E-state index contributed by atoms with van der Waals surface area (Å²) in [6.07, 6.45) is -1.17. The number of halogens is 1. The zero-order chi connectivity index (χ0) is 30.0. The molecule has 1 aromatic heterocycles. The number of aromatic carboxylic acids is 1. The van der Waals surface area contributed by atoms with Crippen LogP contribution >= 0.6 is 11.6 Å². The highest BCUT2D eigenvalue weighted by Crippen LogP contribution is 2.32. The van der Waals surface area contributed by atoms with Crippen LogP contribution in [0.4, 0.5) is 5.69 Å². The number of amides is 1. The number of nitrogens with one attached hydrogen (secondary N) is 1. The van der Waals surface area contributed by atoms with Crippen molar-refractivity contribution >= 4 is 46.2 Å². The predicted octanol–water partition coefficient (Wildman–Crippen LogP) is 7.12. The quantitative estimate of drug-likeness (QED) is 0.197. The first-order valence-corrected chi connectivity index (χ1v) is 13.5. The Labute approximate surface area is 247 Å². The molecule has 1 atom stereocenters. The molecule has 1 amide bonds. The summed E-state index contributed by atoms with van der Waals surface area (Å²) >= 11 is 5.89. The minimum absolute atomic E-state index is 0.0379. The van der Waals surface area contributed by atoms with Crippen molar-refractivity contribution in [3.05, 3.63) is 112 Å². The Bertz CT molecular complexity index is 1840. The lowest BCUT2D eigenvalue weighted by molar-refractivity contribution is -0.123. The van der Waals surface area contributed by atoms with E-state index in [2.05, 4.69) is 5.32 Å². The molecule has 9 heteroatoms. The largest absolute Gasteiger partial charge is 0.478 e. The van der Waals surface area contributed by atoms with Gasteiger partial charge in [-0.2, -0.15) is 0 Å². The Morgan fingerprint density at radius 2 is 1.36 bits per heavy atom. The summed E-state index contributed by atoms with van der Waals surface area (Å²) in [5.41, 5.74) is 6.80. The van der Waals surface area contributed by atoms with Crippen LogP contribution in [-0.2, 0) is 9.53 Å². The Morgan fingerprint density at radius 1 is 0.786 bits per heavy atom. The highest BCUT2D eigenvalue weighted by atomic mass is 35.5. The van der Waals surface area contributed by atoms with E-state index in [1.54, 1.807) is 18.2 Å². The summed E-state index contributed by atoms with van der Waals surface area (Å²) in [6, 6.07) is 25.0. The molecule has 4 aromatic carbocycles. The maximum Gasteiger partial charge on any atom is 0.338 e. The number of aromatic nitrogens is 2. The molecule has 0 spiro atoms. The fourth-order valence-electron chi connectivity index (χ4n) is 4.30. The third kappa shape index (κ3) is 6.14.